The second-order valence-corrected chi connectivity index (χ2v) is 9.37. The zero-order chi connectivity index (χ0) is 24.2. The molecule has 35 heavy (non-hydrogen) atoms. The molecule has 2 aliphatic rings. The minimum absolute atomic E-state index is 0.0915. The van der Waals surface area contributed by atoms with Gasteiger partial charge in [-0.3, -0.25) is 9.69 Å². The van der Waals surface area contributed by atoms with E-state index in [9.17, 15) is 9.18 Å². The quantitative estimate of drug-likeness (QED) is 0.557. The standard InChI is InChI=1S/C28H30FN5O/c29-24-7-9-25(10-8-24)32-16-18-33(19-17-32)28(35)27-2-1-13-34(27)26-11-14-31(15-12-26)21-23-5-3-22(20-30)4-6-23/h1-10,13,26H,11-12,14-19,21H2. The molecule has 2 fully saturated rings. The lowest BCUT2D eigenvalue weighted by Gasteiger charge is -2.37. The number of nitriles is 1. The Balaban J connectivity index is 1.16. The second-order valence-electron chi connectivity index (χ2n) is 9.37. The summed E-state index contributed by atoms with van der Waals surface area (Å²) in [7, 11) is 0. The molecule has 0 bridgehead atoms. The van der Waals surface area contributed by atoms with Gasteiger partial charge in [0.05, 0.1) is 11.6 Å². The Kier molecular flexibility index (Phi) is 6.82. The Morgan fingerprint density at radius 2 is 1.60 bits per heavy atom. The summed E-state index contributed by atoms with van der Waals surface area (Å²) >= 11 is 0. The normalized spacial score (nSPS) is 17.4. The minimum atomic E-state index is -0.233. The number of likely N-dealkylation sites (tertiary alicyclic amines) is 1. The van der Waals surface area contributed by atoms with Crippen LogP contribution in [-0.2, 0) is 6.54 Å². The maximum absolute atomic E-state index is 13.4. The van der Waals surface area contributed by atoms with E-state index in [0.717, 1.165) is 56.9 Å². The summed E-state index contributed by atoms with van der Waals surface area (Å²) in [6.45, 7) is 5.64. The number of piperidine rings is 1. The van der Waals surface area contributed by atoms with Crippen molar-refractivity contribution in [3.8, 4) is 6.07 Å². The van der Waals surface area contributed by atoms with Crippen molar-refractivity contribution >= 4 is 11.6 Å². The van der Waals surface area contributed by atoms with Gasteiger partial charge in [0.25, 0.3) is 5.91 Å². The first kappa shape index (κ1) is 23.1. The van der Waals surface area contributed by atoms with Gasteiger partial charge in [-0.1, -0.05) is 12.1 Å². The molecule has 3 heterocycles. The van der Waals surface area contributed by atoms with Gasteiger partial charge in [0.1, 0.15) is 11.5 Å². The average Bonchev–Trinajstić information content (AvgIpc) is 3.40. The van der Waals surface area contributed by atoms with Crippen LogP contribution in [0.4, 0.5) is 10.1 Å². The molecule has 0 aliphatic carbocycles. The zero-order valence-corrected chi connectivity index (χ0v) is 19.8. The number of nitrogens with zero attached hydrogens (tertiary/aromatic N) is 5. The molecule has 0 spiro atoms. The molecule has 0 atom stereocenters. The van der Waals surface area contributed by atoms with Crippen molar-refractivity contribution in [2.75, 3.05) is 44.2 Å². The molecule has 1 amide bonds. The van der Waals surface area contributed by atoms with Crippen molar-refractivity contribution in [2.45, 2.75) is 25.4 Å². The fourth-order valence-electron chi connectivity index (χ4n) is 5.17. The van der Waals surface area contributed by atoms with Gasteiger partial charge in [-0.25, -0.2) is 4.39 Å². The summed E-state index contributed by atoms with van der Waals surface area (Å²) in [5.41, 5.74) is 3.67. The van der Waals surface area contributed by atoms with Crippen LogP contribution in [-0.4, -0.2) is 59.5 Å². The largest absolute Gasteiger partial charge is 0.368 e. The number of benzene rings is 2. The van der Waals surface area contributed by atoms with E-state index < -0.39 is 0 Å². The van der Waals surface area contributed by atoms with Crippen LogP contribution in [0.1, 0.15) is 40.5 Å². The van der Waals surface area contributed by atoms with E-state index in [4.69, 9.17) is 5.26 Å². The maximum Gasteiger partial charge on any atom is 0.270 e. The molecule has 0 N–H and O–H groups in total. The van der Waals surface area contributed by atoms with Crippen molar-refractivity contribution in [3.05, 3.63) is 89.5 Å². The van der Waals surface area contributed by atoms with Crippen LogP contribution in [0.5, 0.6) is 0 Å². The summed E-state index contributed by atoms with van der Waals surface area (Å²) in [6.07, 6.45) is 4.05. The van der Waals surface area contributed by atoms with Crippen molar-refractivity contribution < 1.29 is 9.18 Å². The van der Waals surface area contributed by atoms with Crippen LogP contribution < -0.4 is 4.90 Å². The van der Waals surface area contributed by atoms with Gasteiger partial charge < -0.3 is 14.4 Å². The number of halogens is 1. The number of carbonyl (C=O) groups is 1. The molecule has 2 aromatic carbocycles. The first-order chi connectivity index (χ1) is 17.1. The number of aromatic nitrogens is 1. The molecule has 3 aromatic rings. The average molecular weight is 472 g/mol. The van der Waals surface area contributed by atoms with Gasteiger partial charge in [0.15, 0.2) is 0 Å². The van der Waals surface area contributed by atoms with Gasteiger partial charge in [-0.2, -0.15) is 5.26 Å². The Bertz CT molecular complexity index is 1180. The van der Waals surface area contributed by atoms with E-state index in [2.05, 4.69) is 20.4 Å². The fraction of sp³-hybridized carbons (Fsp3) is 0.357. The van der Waals surface area contributed by atoms with E-state index in [0.29, 0.717) is 24.7 Å². The minimum Gasteiger partial charge on any atom is -0.368 e. The SMILES string of the molecule is N#Cc1ccc(CN2CCC(n3cccc3C(=O)N3CCN(c4ccc(F)cc4)CC3)CC2)cc1. The van der Waals surface area contributed by atoms with E-state index >= 15 is 0 Å². The van der Waals surface area contributed by atoms with Crippen LogP contribution in [0, 0.1) is 17.1 Å². The molecule has 2 saturated heterocycles. The molecule has 2 aliphatic heterocycles. The van der Waals surface area contributed by atoms with Gasteiger partial charge in [-0.05, 0) is 66.9 Å². The van der Waals surface area contributed by atoms with Gasteiger partial charge in [-0.15, -0.1) is 0 Å². The summed E-state index contributed by atoms with van der Waals surface area (Å²) in [5.74, 6) is -0.141. The van der Waals surface area contributed by atoms with Crippen LogP contribution in [0.2, 0.25) is 0 Å². The summed E-state index contributed by atoms with van der Waals surface area (Å²) in [4.78, 5) is 20.0. The molecule has 180 valence electrons. The first-order valence-corrected chi connectivity index (χ1v) is 12.3. The van der Waals surface area contributed by atoms with Gasteiger partial charge in [0, 0.05) is 63.7 Å². The van der Waals surface area contributed by atoms with Crippen molar-refractivity contribution in [1.82, 2.24) is 14.4 Å². The number of amides is 1. The van der Waals surface area contributed by atoms with Crippen LogP contribution >= 0.6 is 0 Å². The third kappa shape index (κ3) is 5.23. The zero-order valence-electron chi connectivity index (χ0n) is 19.8. The van der Waals surface area contributed by atoms with Crippen LogP contribution in [0.25, 0.3) is 0 Å². The molecular weight excluding hydrogens is 441 g/mol. The summed E-state index contributed by atoms with van der Waals surface area (Å²) < 4.78 is 15.4. The van der Waals surface area contributed by atoms with E-state index in [-0.39, 0.29) is 11.7 Å². The Morgan fingerprint density at radius 3 is 2.26 bits per heavy atom. The predicted octanol–water partition coefficient (Wildman–Crippen LogP) is 4.30. The van der Waals surface area contributed by atoms with Crippen molar-refractivity contribution in [1.29, 1.82) is 5.26 Å². The summed E-state index contributed by atoms with van der Waals surface area (Å²) in [6, 6.07) is 20.8. The van der Waals surface area contributed by atoms with E-state index in [1.54, 1.807) is 12.1 Å². The number of hydrogen-bond donors (Lipinski definition) is 0. The highest BCUT2D eigenvalue weighted by Gasteiger charge is 2.27. The number of carbonyl (C=O) groups excluding carboxylic acids is 1. The molecule has 5 rings (SSSR count). The van der Waals surface area contributed by atoms with Crippen molar-refractivity contribution in [2.24, 2.45) is 0 Å². The lowest BCUT2D eigenvalue weighted by molar-refractivity contribution is 0.0729. The number of hydrogen-bond acceptors (Lipinski definition) is 4. The molecular formula is C28H30FN5O. The van der Waals surface area contributed by atoms with Crippen LogP contribution in [0.3, 0.4) is 0 Å². The predicted molar refractivity (Wildman–Crippen MR) is 134 cm³/mol. The van der Waals surface area contributed by atoms with Crippen molar-refractivity contribution in [3.63, 3.8) is 0 Å². The van der Waals surface area contributed by atoms with Gasteiger partial charge >= 0.3 is 0 Å². The lowest BCUT2D eigenvalue weighted by Crippen LogP contribution is -2.49. The first-order valence-electron chi connectivity index (χ1n) is 12.3. The highest BCUT2D eigenvalue weighted by Crippen LogP contribution is 2.27. The topological polar surface area (TPSA) is 55.5 Å². The highest BCUT2D eigenvalue weighted by molar-refractivity contribution is 5.93. The number of piperazine rings is 1. The fourth-order valence-corrected chi connectivity index (χ4v) is 5.17. The highest BCUT2D eigenvalue weighted by atomic mass is 19.1. The molecule has 7 heteroatoms. The number of rotatable bonds is 5. The summed E-state index contributed by atoms with van der Waals surface area (Å²) in [5, 5.41) is 8.98. The third-order valence-corrected chi connectivity index (χ3v) is 7.20. The third-order valence-electron chi connectivity index (χ3n) is 7.20. The monoisotopic (exact) mass is 471 g/mol. The molecule has 0 saturated carbocycles. The van der Waals surface area contributed by atoms with E-state index in [1.807, 2.05) is 47.5 Å². The molecule has 0 radical (unpaired) electrons. The Morgan fingerprint density at radius 1 is 0.914 bits per heavy atom. The van der Waals surface area contributed by atoms with E-state index in [1.165, 1.54) is 17.7 Å². The number of anilines is 1. The Labute approximate surface area is 205 Å². The molecule has 6 nitrogen and oxygen atoms in total. The maximum atomic E-state index is 13.4. The second kappa shape index (κ2) is 10.3. The lowest BCUT2D eigenvalue weighted by atomic mass is 10.0. The molecule has 0 unspecified atom stereocenters. The molecule has 1 aromatic heterocycles. The van der Waals surface area contributed by atoms with Gasteiger partial charge in [0.2, 0.25) is 0 Å². The smallest absolute Gasteiger partial charge is 0.270 e. The Hall–Kier alpha value is -3.63. The van der Waals surface area contributed by atoms with Crippen LogP contribution in [0.15, 0.2) is 66.9 Å².